The van der Waals surface area contributed by atoms with Crippen molar-refractivity contribution in [1.82, 2.24) is 15.3 Å². The number of rotatable bonds is 7. The number of benzene rings is 1. The Balaban J connectivity index is 1.52. The lowest BCUT2D eigenvalue weighted by Crippen LogP contribution is -2.39. The Morgan fingerprint density at radius 2 is 1.71 bits per heavy atom. The monoisotopic (exact) mass is 386 g/mol. The quantitative estimate of drug-likeness (QED) is 0.755. The number of methoxy groups -OCH3 is 2. The fourth-order valence-corrected chi connectivity index (χ4v) is 3.30. The fourth-order valence-electron chi connectivity index (χ4n) is 3.30. The summed E-state index contributed by atoms with van der Waals surface area (Å²) in [4.78, 5) is 20.5. The summed E-state index contributed by atoms with van der Waals surface area (Å²) in [5.41, 5.74) is 0.457. The number of hydrogen-bond acceptors (Lipinski definition) is 7. The molecule has 3 rings (SSSR count). The second-order valence-corrected chi connectivity index (χ2v) is 6.60. The molecule has 1 fully saturated rings. The predicted molar refractivity (Wildman–Crippen MR) is 105 cm³/mol. The summed E-state index contributed by atoms with van der Waals surface area (Å²) in [6.07, 6.45) is 6.51. The van der Waals surface area contributed by atoms with E-state index in [1.54, 1.807) is 21.3 Å². The van der Waals surface area contributed by atoms with E-state index in [0.717, 1.165) is 25.7 Å². The Morgan fingerprint density at radius 1 is 1.04 bits per heavy atom. The average Bonchev–Trinajstić information content (AvgIpc) is 2.74. The Bertz CT molecular complexity index is 789. The fraction of sp³-hybridized carbons (Fsp3) is 0.450. The second kappa shape index (κ2) is 9.25. The van der Waals surface area contributed by atoms with Crippen LogP contribution in [0.2, 0.25) is 0 Å². The van der Waals surface area contributed by atoms with E-state index in [9.17, 15) is 4.79 Å². The van der Waals surface area contributed by atoms with Gasteiger partial charge in [-0.2, -0.15) is 0 Å². The molecule has 0 atom stereocenters. The molecule has 1 aliphatic rings. The lowest BCUT2D eigenvalue weighted by molar-refractivity contribution is 0.0890. The van der Waals surface area contributed by atoms with Crippen LogP contribution in [0.5, 0.6) is 17.2 Å². The van der Waals surface area contributed by atoms with Crippen LogP contribution >= 0.6 is 0 Å². The molecule has 28 heavy (non-hydrogen) atoms. The van der Waals surface area contributed by atoms with Crippen molar-refractivity contribution in [2.75, 3.05) is 26.6 Å². The number of aromatic nitrogens is 2. The third-order valence-electron chi connectivity index (χ3n) is 4.81. The van der Waals surface area contributed by atoms with Gasteiger partial charge < -0.3 is 24.8 Å². The molecule has 0 aliphatic heterocycles. The zero-order valence-corrected chi connectivity index (χ0v) is 16.4. The van der Waals surface area contributed by atoms with Crippen molar-refractivity contribution >= 4 is 11.9 Å². The van der Waals surface area contributed by atoms with Crippen molar-refractivity contribution in [3.8, 4) is 17.2 Å². The van der Waals surface area contributed by atoms with Gasteiger partial charge in [0.15, 0.2) is 11.5 Å². The molecule has 2 N–H and O–H groups in total. The first kappa shape index (κ1) is 19.7. The zero-order valence-electron chi connectivity index (χ0n) is 16.4. The Hall–Kier alpha value is -3.03. The smallest absolute Gasteiger partial charge is 0.254 e. The Morgan fingerprint density at radius 3 is 2.32 bits per heavy atom. The number of nitrogens with zero attached hydrogens (tertiary/aromatic N) is 2. The average molecular weight is 386 g/mol. The Labute approximate surface area is 164 Å². The summed E-state index contributed by atoms with van der Waals surface area (Å²) < 4.78 is 16.9. The van der Waals surface area contributed by atoms with Gasteiger partial charge in [0.25, 0.3) is 5.91 Å². The van der Waals surface area contributed by atoms with Crippen molar-refractivity contribution in [2.45, 2.75) is 37.8 Å². The molecule has 1 saturated carbocycles. The molecule has 0 spiro atoms. The van der Waals surface area contributed by atoms with Crippen molar-refractivity contribution in [3.63, 3.8) is 0 Å². The van der Waals surface area contributed by atoms with E-state index in [4.69, 9.17) is 14.2 Å². The molecule has 1 aliphatic carbocycles. The van der Waals surface area contributed by atoms with Gasteiger partial charge in [0.2, 0.25) is 11.7 Å². The van der Waals surface area contributed by atoms with E-state index in [2.05, 4.69) is 20.6 Å². The lowest BCUT2D eigenvalue weighted by atomic mass is 9.92. The Kier molecular flexibility index (Phi) is 6.52. The minimum Gasteiger partial charge on any atom is -0.493 e. The SMILES string of the molecule is CNc1ncc(C(=O)NC2CCC(Oc3cccc(OC)c3OC)CC2)cn1. The van der Waals surface area contributed by atoms with Crippen LogP contribution in [0.1, 0.15) is 36.0 Å². The van der Waals surface area contributed by atoms with E-state index in [-0.39, 0.29) is 18.1 Å². The highest BCUT2D eigenvalue weighted by atomic mass is 16.5. The molecule has 150 valence electrons. The maximum absolute atomic E-state index is 12.4. The number of carbonyl (C=O) groups excluding carboxylic acids is 1. The number of amides is 1. The summed E-state index contributed by atoms with van der Waals surface area (Å²) >= 11 is 0. The molecule has 0 bridgehead atoms. The van der Waals surface area contributed by atoms with Crippen LogP contribution in [0.4, 0.5) is 5.95 Å². The van der Waals surface area contributed by atoms with E-state index < -0.39 is 0 Å². The van der Waals surface area contributed by atoms with Gasteiger partial charge in [-0.05, 0) is 37.8 Å². The lowest BCUT2D eigenvalue weighted by Gasteiger charge is -2.30. The van der Waals surface area contributed by atoms with E-state index >= 15 is 0 Å². The van der Waals surface area contributed by atoms with Crippen LogP contribution in [0.15, 0.2) is 30.6 Å². The van der Waals surface area contributed by atoms with Gasteiger partial charge in [0.1, 0.15) is 0 Å². The molecule has 1 aromatic heterocycles. The maximum Gasteiger partial charge on any atom is 0.254 e. The van der Waals surface area contributed by atoms with Crippen molar-refractivity contribution in [3.05, 3.63) is 36.2 Å². The standard InChI is InChI=1S/C20H26N4O4/c1-21-20-22-11-13(12-23-20)19(25)24-14-7-9-15(10-8-14)28-17-6-4-5-16(26-2)18(17)27-3/h4-6,11-12,14-15H,7-10H2,1-3H3,(H,24,25)(H,21,22,23). The number of nitrogens with one attached hydrogen (secondary N) is 2. The molecule has 1 heterocycles. The van der Waals surface area contributed by atoms with Crippen LogP contribution < -0.4 is 24.8 Å². The number of para-hydroxylation sites is 1. The van der Waals surface area contributed by atoms with Gasteiger partial charge in [0, 0.05) is 25.5 Å². The van der Waals surface area contributed by atoms with Crippen molar-refractivity contribution in [2.24, 2.45) is 0 Å². The minimum atomic E-state index is -0.151. The van der Waals surface area contributed by atoms with Crippen molar-refractivity contribution < 1.29 is 19.0 Å². The first-order valence-corrected chi connectivity index (χ1v) is 9.33. The van der Waals surface area contributed by atoms with Gasteiger partial charge in [0.05, 0.1) is 25.9 Å². The van der Waals surface area contributed by atoms with Gasteiger partial charge in [-0.25, -0.2) is 9.97 Å². The summed E-state index contributed by atoms with van der Waals surface area (Å²) in [5, 5.41) is 5.89. The highest BCUT2D eigenvalue weighted by molar-refractivity contribution is 5.93. The third-order valence-corrected chi connectivity index (χ3v) is 4.81. The molecule has 0 saturated heterocycles. The summed E-state index contributed by atoms with van der Waals surface area (Å²) in [6, 6.07) is 5.71. The van der Waals surface area contributed by atoms with Crippen LogP contribution in [0.3, 0.4) is 0 Å². The molecule has 1 aromatic carbocycles. The first-order chi connectivity index (χ1) is 13.6. The van der Waals surface area contributed by atoms with E-state index in [1.807, 2.05) is 18.2 Å². The van der Waals surface area contributed by atoms with E-state index in [0.29, 0.717) is 28.8 Å². The van der Waals surface area contributed by atoms with Crippen LogP contribution in [-0.4, -0.2) is 49.3 Å². The van der Waals surface area contributed by atoms with Gasteiger partial charge >= 0.3 is 0 Å². The summed E-state index contributed by atoms with van der Waals surface area (Å²) in [6.45, 7) is 0. The molecule has 0 radical (unpaired) electrons. The van der Waals surface area contributed by atoms with Gasteiger partial charge in [-0.1, -0.05) is 6.07 Å². The summed E-state index contributed by atoms with van der Waals surface area (Å²) in [5.74, 6) is 2.26. The molecule has 1 amide bonds. The van der Waals surface area contributed by atoms with E-state index in [1.165, 1.54) is 12.4 Å². The molecular formula is C20H26N4O4. The molecular weight excluding hydrogens is 360 g/mol. The van der Waals surface area contributed by atoms with Crippen molar-refractivity contribution in [1.29, 1.82) is 0 Å². The van der Waals surface area contributed by atoms with Crippen LogP contribution in [0, 0.1) is 0 Å². The highest BCUT2D eigenvalue weighted by Gasteiger charge is 2.25. The largest absolute Gasteiger partial charge is 0.493 e. The molecule has 8 nitrogen and oxygen atoms in total. The minimum absolute atomic E-state index is 0.0763. The highest BCUT2D eigenvalue weighted by Crippen LogP contribution is 2.38. The topological polar surface area (TPSA) is 94.6 Å². The predicted octanol–water partition coefficient (Wildman–Crippen LogP) is 2.66. The van der Waals surface area contributed by atoms with Gasteiger partial charge in [-0.15, -0.1) is 0 Å². The number of ether oxygens (including phenoxy) is 3. The van der Waals surface area contributed by atoms with Crippen LogP contribution in [0.25, 0.3) is 0 Å². The second-order valence-electron chi connectivity index (χ2n) is 6.60. The number of anilines is 1. The van der Waals surface area contributed by atoms with Gasteiger partial charge in [-0.3, -0.25) is 4.79 Å². The molecule has 2 aromatic rings. The zero-order chi connectivity index (χ0) is 19.9. The number of hydrogen-bond donors (Lipinski definition) is 2. The third kappa shape index (κ3) is 4.62. The first-order valence-electron chi connectivity index (χ1n) is 9.33. The molecule has 0 unspecified atom stereocenters. The number of carbonyl (C=O) groups is 1. The normalized spacial score (nSPS) is 18.8. The summed E-state index contributed by atoms with van der Waals surface area (Å²) in [7, 11) is 4.94. The maximum atomic E-state index is 12.4. The van der Waals surface area contributed by atoms with Crippen LogP contribution in [-0.2, 0) is 0 Å². The molecule has 8 heteroatoms.